The Hall–Kier alpha value is -1.06. The third kappa shape index (κ3) is 9.59. The quantitative estimate of drug-likeness (QED) is 0.354. The first-order chi connectivity index (χ1) is 12.0. The molecule has 3 nitrogen and oxygen atoms in total. The van der Waals surface area contributed by atoms with E-state index in [4.69, 9.17) is 4.74 Å². The summed E-state index contributed by atoms with van der Waals surface area (Å²) in [6.45, 7) is 14.7. The Morgan fingerprint density at radius 2 is 1.62 bits per heavy atom. The van der Waals surface area contributed by atoms with Gasteiger partial charge in [0, 0.05) is 0 Å². The Kier molecular flexibility index (Phi) is 13.5. The molecular formula is C22H38ClNO2. The van der Waals surface area contributed by atoms with Gasteiger partial charge in [-0.2, -0.15) is 0 Å². The Balaban J connectivity index is 0.00000625. The van der Waals surface area contributed by atoms with Gasteiger partial charge in [-0.3, -0.25) is 4.79 Å². The van der Waals surface area contributed by atoms with Crippen LogP contribution in [0.15, 0.2) is 24.3 Å². The lowest BCUT2D eigenvalue weighted by atomic mass is 9.97. The fourth-order valence-electron chi connectivity index (χ4n) is 3.00. The van der Waals surface area contributed by atoms with Crippen molar-refractivity contribution < 1.29 is 9.53 Å². The van der Waals surface area contributed by atoms with Crippen molar-refractivity contribution in [1.82, 2.24) is 4.90 Å². The summed E-state index contributed by atoms with van der Waals surface area (Å²) in [5, 5.41) is 0. The van der Waals surface area contributed by atoms with Gasteiger partial charge in [-0.25, -0.2) is 0 Å². The van der Waals surface area contributed by atoms with Gasteiger partial charge in [-0.1, -0.05) is 52.0 Å². The van der Waals surface area contributed by atoms with Crippen LogP contribution in [-0.4, -0.2) is 37.1 Å². The summed E-state index contributed by atoms with van der Waals surface area (Å²) in [5.74, 6) is 0.346. The molecule has 0 amide bonds. The van der Waals surface area contributed by atoms with E-state index in [1.807, 2.05) is 6.92 Å². The lowest BCUT2D eigenvalue weighted by Crippen LogP contribution is -2.24. The van der Waals surface area contributed by atoms with Crippen molar-refractivity contribution in [2.24, 2.45) is 5.92 Å². The highest BCUT2D eigenvalue weighted by atomic mass is 35.5. The van der Waals surface area contributed by atoms with Gasteiger partial charge in [0.2, 0.25) is 0 Å². The van der Waals surface area contributed by atoms with Crippen LogP contribution in [0.3, 0.4) is 0 Å². The van der Waals surface area contributed by atoms with E-state index >= 15 is 0 Å². The zero-order chi connectivity index (χ0) is 18.7. The molecule has 1 atom stereocenters. The number of halogens is 1. The average molecular weight is 384 g/mol. The number of ether oxygens (including phenoxy) is 1. The molecule has 0 saturated carbocycles. The number of esters is 1. The van der Waals surface area contributed by atoms with Crippen LogP contribution in [0, 0.1) is 5.92 Å². The lowest BCUT2D eigenvalue weighted by molar-refractivity contribution is -0.145. The second-order valence-electron chi connectivity index (χ2n) is 7.32. The minimum atomic E-state index is -0.191. The number of nitrogens with zero attached hydrogens (tertiary/aromatic N) is 1. The van der Waals surface area contributed by atoms with E-state index in [9.17, 15) is 4.79 Å². The maximum Gasteiger partial charge on any atom is 0.313 e. The zero-order valence-corrected chi connectivity index (χ0v) is 18.1. The van der Waals surface area contributed by atoms with Crippen molar-refractivity contribution in [1.29, 1.82) is 0 Å². The van der Waals surface area contributed by atoms with Gasteiger partial charge >= 0.3 is 5.97 Å². The van der Waals surface area contributed by atoms with Crippen LogP contribution in [-0.2, 0) is 16.0 Å². The summed E-state index contributed by atoms with van der Waals surface area (Å²) in [7, 11) is 0. The highest BCUT2D eigenvalue weighted by Gasteiger charge is 2.16. The smallest absolute Gasteiger partial charge is 0.313 e. The standard InChI is InChI=1S/C22H37NO2.ClH/c1-6-23(7-2)15-9-8-10-16-25-22(24)19(5)21-13-11-20(12-14-21)17-18(3)4;/h11-14,18-19H,6-10,15-17H2,1-5H3;1H. The fraction of sp³-hybridized carbons (Fsp3) is 0.682. The fourth-order valence-corrected chi connectivity index (χ4v) is 3.00. The van der Waals surface area contributed by atoms with E-state index in [2.05, 4.69) is 56.9 Å². The summed E-state index contributed by atoms with van der Waals surface area (Å²) in [5.41, 5.74) is 2.37. The molecule has 0 aliphatic carbocycles. The molecule has 0 aliphatic heterocycles. The van der Waals surface area contributed by atoms with Crippen molar-refractivity contribution in [3.8, 4) is 0 Å². The molecule has 1 rings (SSSR count). The molecule has 1 aromatic rings. The number of hydrogen-bond donors (Lipinski definition) is 0. The zero-order valence-electron chi connectivity index (χ0n) is 17.3. The highest BCUT2D eigenvalue weighted by Crippen LogP contribution is 2.19. The summed E-state index contributed by atoms with van der Waals surface area (Å²) in [4.78, 5) is 14.6. The molecule has 0 aliphatic rings. The Morgan fingerprint density at radius 1 is 1.00 bits per heavy atom. The molecule has 0 radical (unpaired) electrons. The monoisotopic (exact) mass is 383 g/mol. The van der Waals surface area contributed by atoms with Gasteiger partial charge < -0.3 is 9.64 Å². The van der Waals surface area contributed by atoms with Crippen LogP contribution in [0.5, 0.6) is 0 Å². The van der Waals surface area contributed by atoms with Gasteiger partial charge in [-0.15, -0.1) is 12.4 Å². The Bertz CT molecular complexity index is 483. The Morgan fingerprint density at radius 3 is 2.15 bits per heavy atom. The second-order valence-corrected chi connectivity index (χ2v) is 7.32. The largest absolute Gasteiger partial charge is 0.465 e. The number of unbranched alkanes of at least 4 members (excludes halogenated alkanes) is 2. The van der Waals surface area contributed by atoms with Crippen molar-refractivity contribution >= 4 is 18.4 Å². The maximum atomic E-state index is 12.2. The predicted octanol–water partition coefficient (Wildman–Crippen LogP) is 5.47. The SMILES string of the molecule is CCN(CC)CCCCCOC(=O)C(C)c1ccc(CC(C)C)cc1.Cl. The molecule has 0 saturated heterocycles. The topological polar surface area (TPSA) is 29.5 Å². The number of hydrogen-bond acceptors (Lipinski definition) is 3. The molecule has 0 spiro atoms. The minimum Gasteiger partial charge on any atom is -0.465 e. The van der Waals surface area contributed by atoms with Crippen LogP contribution in [0.25, 0.3) is 0 Å². The minimum absolute atomic E-state index is 0. The molecule has 1 aromatic carbocycles. The molecular weight excluding hydrogens is 346 g/mol. The third-order valence-corrected chi connectivity index (χ3v) is 4.73. The van der Waals surface area contributed by atoms with E-state index in [0.29, 0.717) is 12.5 Å². The van der Waals surface area contributed by atoms with Crippen molar-refractivity contribution in [2.75, 3.05) is 26.2 Å². The van der Waals surface area contributed by atoms with E-state index < -0.39 is 0 Å². The van der Waals surface area contributed by atoms with Crippen molar-refractivity contribution in [2.45, 2.75) is 66.2 Å². The summed E-state index contributed by atoms with van der Waals surface area (Å²) in [6.07, 6.45) is 4.31. The van der Waals surface area contributed by atoms with Gasteiger partial charge in [0.1, 0.15) is 0 Å². The first kappa shape index (κ1) is 24.9. The van der Waals surface area contributed by atoms with Crippen LogP contribution in [0.2, 0.25) is 0 Å². The summed E-state index contributed by atoms with van der Waals surface area (Å²) < 4.78 is 5.46. The third-order valence-electron chi connectivity index (χ3n) is 4.73. The number of benzene rings is 1. The molecule has 1 unspecified atom stereocenters. The van der Waals surface area contributed by atoms with Gasteiger partial charge in [0.05, 0.1) is 12.5 Å². The van der Waals surface area contributed by atoms with Gasteiger partial charge in [0.25, 0.3) is 0 Å². The molecule has 0 heterocycles. The molecule has 26 heavy (non-hydrogen) atoms. The van der Waals surface area contributed by atoms with Crippen LogP contribution >= 0.6 is 12.4 Å². The Labute approximate surface area is 166 Å². The average Bonchev–Trinajstić information content (AvgIpc) is 2.60. The molecule has 0 aromatic heterocycles. The molecule has 150 valence electrons. The van der Waals surface area contributed by atoms with E-state index in [0.717, 1.165) is 44.5 Å². The summed E-state index contributed by atoms with van der Waals surface area (Å²) >= 11 is 0. The van der Waals surface area contributed by atoms with Crippen molar-refractivity contribution in [3.05, 3.63) is 35.4 Å². The van der Waals surface area contributed by atoms with Crippen LogP contribution in [0.1, 0.15) is 70.9 Å². The molecule has 4 heteroatoms. The number of carbonyl (C=O) groups excluding carboxylic acids is 1. The van der Waals surface area contributed by atoms with Gasteiger partial charge in [-0.05, 0) is 69.3 Å². The number of rotatable bonds is 12. The first-order valence-electron chi connectivity index (χ1n) is 9.95. The summed E-state index contributed by atoms with van der Waals surface area (Å²) in [6, 6.07) is 8.39. The lowest BCUT2D eigenvalue weighted by Gasteiger charge is -2.17. The molecule has 0 N–H and O–H groups in total. The molecule has 0 bridgehead atoms. The van der Waals surface area contributed by atoms with Crippen molar-refractivity contribution in [3.63, 3.8) is 0 Å². The van der Waals surface area contributed by atoms with Crippen LogP contribution < -0.4 is 0 Å². The highest BCUT2D eigenvalue weighted by molar-refractivity contribution is 5.85. The predicted molar refractivity (Wildman–Crippen MR) is 113 cm³/mol. The van der Waals surface area contributed by atoms with Crippen LogP contribution in [0.4, 0.5) is 0 Å². The molecule has 0 fully saturated rings. The van der Waals surface area contributed by atoms with E-state index in [1.165, 1.54) is 12.0 Å². The number of carbonyl (C=O) groups is 1. The second kappa shape index (κ2) is 14.1. The van der Waals surface area contributed by atoms with Gasteiger partial charge in [0.15, 0.2) is 0 Å². The van der Waals surface area contributed by atoms with E-state index in [1.54, 1.807) is 0 Å². The maximum absolute atomic E-state index is 12.2. The normalized spacial score (nSPS) is 12.1. The first-order valence-corrected chi connectivity index (χ1v) is 9.95. The van der Waals surface area contributed by atoms with E-state index in [-0.39, 0.29) is 24.3 Å².